The second-order valence-corrected chi connectivity index (χ2v) is 10.7. The molecule has 1 aromatic carbocycles. The van der Waals surface area contributed by atoms with Crippen molar-refractivity contribution in [2.75, 3.05) is 19.0 Å². The zero-order valence-corrected chi connectivity index (χ0v) is 21.4. The molecule has 1 rings (SSSR count). The third kappa shape index (κ3) is 18.5. The van der Waals surface area contributed by atoms with Crippen molar-refractivity contribution in [1.82, 2.24) is 0 Å². The normalized spacial score (nSPS) is 11.7. The van der Waals surface area contributed by atoms with E-state index < -0.39 is 10.1 Å². The molecule has 0 unspecified atom stereocenters. The molecule has 0 amide bonds. The monoisotopic (exact) mass is 468 g/mol. The van der Waals surface area contributed by atoms with Crippen LogP contribution in [0.25, 0.3) is 0 Å². The average molecular weight is 469 g/mol. The van der Waals surface area contributed by atoms with Crippen molar-refractivity contribution in [3.8, 4) is 5.75 Å². The van der Waals surface area contributed by atoms with Crippen molar-refractivity contribution >= 4 is 10.1 Å². The Hall–Kier alpha value is -1.07. The van der Waals surface area contributed by atoms with Crippen molar-refractivity contribution in [2.24, 2.45) is 0 Å². The summed E-state index contributed by atoms with van der Waals surface area (Å²) in [5.41, 5.74) is 0. The molecule has 0 saturated heterocycles. The second-order valence-electron chi connectivity index (χ2n) is 8.90. The largest absolute Gasteiger partial charge is 0.494 e. The highest BCUT2D eigenvalue weighted by atomic mass is 32.2. The van der Waals surface area contributed by atoms with Crippen LogP contribution in [0.3, 0.4) is 0 Å². The molecule has 0 aliphatic heterocycles. The van der Waals surface area contributed by atoms with Gasteiger partial charge in [-0.1, -0.05) is 121 Å². The van der Waals surface area contributed by atoms with Gasteiger partial charge < -0.3 is 4.74 Å². The van der Waals surface area contributed by atoms with E-state index in [4.69, 9.17) is 8.92 Å². The minimum atomic E-state index is -3.40. The molecule has 0 bridgehead atoms. The van der Waals surface area contributed by atoms with Gasteiger partial charge in [0.15, 0.2) is 0 Å². The van der Waals surface area contributed by atoms with E-state index in [0.717, 1.165) is 18.6 Å². The van der Waals surface area contributed by atoms with Crippen molar-refractivity contribution in [3.05, 3.63) is 30.3 Å². The lowest BCUT2D eigenvalue weighted by Gasteiger charge is -2.07. The smallest absolute Gasteiger partial charge is 0.267 e. The van der Waals surface area contributed by atoms with E-state index in [1.54, 1.807) is 0 Å². The summed E-state index contributed by atoms with van der Waals surface area (Å²) in [6, 6.07) is 9.52. The molecule has 0 atom stereocenters. The third-order valence-electron chi connectivity index (χ3n) is 5.81. The molecule has 0 radical (unpaired) electrons. The van der Waals surface area contributed by atoms with E-state index in [1.807, 2.05) is 30.3 Å². The summed E-state index contributed by atoms with van der Waals surface area (Å²) in [6.07, 6.45) is 21.1. The first kappa shape index (κ1) is 29.0. The maximum absolute atomic E-state index is 11.9. The maximum atomic E-state index is 11.9. The van der Waals surface area contributed by atoms with Gasteiger partial charge in [0.1, 0.15) is 5.75 Å². The summed E-state index contributed by atoms with van der Waals surface area (Å²) >= 11 is 0. The molecule has 0 spiro atoms. The van der Waals surface area contributed by atoms with Crippen LogP contribution in [0.1, 0.15) is 116 Å². The molecular weight excluding hydrogens is 420 g/mol. The number of ether oxygens (including phenoxy) is 1. The summed E-state index contributed by atoms with van der Waals surface area (Å²) in [5.74, 6) is 0.925. The van der Waals surface area contributed by atoms with E-state index in [9.17, 15) is 8.42 Å². The van der Waals surface area contributed by atoms with Gasteiger partial charge in [0.25, 0.3) is 10.1 Å². The van der Waals surface area contributed by atoms with Gasteiger partial charge in [-0.15, -0.1) is 0 Å². The first-order valence-corrected chi connectivity index (χ1v) is 14.8. The minimum Gasteiger partial charge on any atom is -0.494 e. The molecule has 0 fully saturated rings. The molecular formula is C27H48O4S. The first-order chi connectivity index (χ1) is 15.6. The summed E-state index contributed by atoms with van der Waals surface area (Å²) in [7, 11) is -3.40. The number of unbranched alkanes of at least 4 members (excludes halogenated alkanes) is 15. The van der Waals surface area contributed by atoms with Gasteiger partial charge in [-0.3, -0.25) is 4.18 Å². The molecule has 0 heterocycles. The topological polar surface area (TPSA) is 52.6 Å². The molecule has 0 aliphatic carbocycles. The zero-order valence-electron chi connectivity index (χ0n) is 20.6. The molecule has 0 aromatic heterocycles. The summed E-state index contributed by atoms with van der Waals surface area (Å²) in [4.78, 5) is 0. The Balaban J connectivity index is 1.82. The second kappa shape index (κ2) is 20.5. The summed E-state index contributed by atoms with van der Waals surface area (Å²) in [6.45, 7) is 2.92. The molecule has 5 heteroatoms. The van der Waals surface area contributed by atoms with Gasteiger partial charge in [-0.25, -0.2) is 0 Å². The Morgan fingerprint density at radius 2 is 1.06 bits per heavy atom. The van der Waals surface area contributed by atoms with E-state index in [0.29, 0.717) is 19.4 Å². The fraction of sp³-hybridized carbons (Fsp3) is 0.778. The van der Waals surface area contributed by atoms with Gasteiger partial charge in [-0.05, 0) is 18.6 Å². The Morgan fingerprint density at radius 1 is 0.594 bits per heavy atom. The lowest BCUT2D eigenvalue weighted by molar-refractivity contribution is 0.250. The standard InChI is InChI=1S/C27H48O4S/c1-2-3-4-5-6-7-8-9-10-11-12-13-14-15-16-20-26-32(28,29)31-25-21-24-30-27-22-18-17-19-23-27/h17-19,22-23H,2-16,20-21,24-26H2,1H3. The SMILES string of the molecule is CCCCCCCCCCCCCCCCCCS(=O)(=O)OCCCOc1ccccc1. The van der Waals surface area contributed by atoms with Crippen LogP contribution in [0.2, 0.25) is 0 Å². The van der Waals surface area contributed by atoms with E-state index >= 15 is 0 Å². The number of hydrogen-bond acceptors (Lipinski definition) is 4. The number of hydrogen-bond donors (Lipinski definition) is 0. The van der Waals surface area contributed by atoms with Crippen molar-refractivity contribution in [3.63, 3.8) is 0 Å². The van der Waals surface area contributed by atoms with E-state index in [-0.39, 0.29) is 12.4 Å². The Bertz CT molecular complexity index is 616. The predicted molar refractivity (Wildman–Crippen MR) is 136 cm³/mol. The van der Waals surface area contributed by atoms with Crippen LogP contribution < -0.4 is 4.74 Å². The van der Waals surface area contributed by atoms with Crippen LogP contribution in [0.4, 0.5) is 0 Å². The number of para-hydroxylation sites is 1. The highest BCUT2D eigenvalue weighted by Crippen LogP contribution is 2.14. The molecule has 0 saturated carbocycles. The van der Waals surface area contributed by atoms with Gasteiger partial charge in [0, 0.05) is 6.42 Å². The fourth-order valence-corrected chi connectivity index (χ4v) is 4.88. The van der Waals surface area contributed by atoms with Gasteiger partial charge in [-0.2, -0.15) is 8.42 Å². The average Bonchev–Trinajstić information content (AvgIpc) is 2.79. The summed E-state index contributed by atoms with van der Waals surface area (Å²) in [5, 5.41) is 0. The fourth-order valence-electron chi connectivity index (χ4n) is 3.84. The quantitative estimate of drug-likeness (QED) is 0.120. The highest BCUT2D eigenvalue weighted by molar-refractivity contribution is 7.86. The lowest BCUT2D eigenvalue weighted by Crippen LogP contribution is -2.13. The third-order valence-corrected chi connectivity index (χ3v) is 7.13. The van der Waals surface area contributed by atoms with Crippen LogP contribution >= 0.6 is 0 Å². The van der Waals surface area contributed by atoms with Crippen LogP contribution in [0, 0.1) is 0 Å². The number of rotatable bonds is 23. The van der Waals surface area contributed by atoms with Crippen LogP contribution in [-0.2, 0) is 14.3 Å². The Morgan fingerprint density at radius 3 is 1.56 bits per heavy atom. The van der Waals surface area contributed by atoms with E-state index in [1.165, 1.54) is 83.5 Å². The van der Waals surface area contributed by atoms with Crippen molar-refractivity contribution in [1.29, 1.82) is 0 Å². The molecule has 4 nitrogen and oxygen atoms in total. The Kier molecular flexibility index (Phi) is 18.6. The van der Waals surface area contributed by atoms with Crippen molar-refractivity contribution < 1.29 is 17.3 Å². The maximum Gasteiger partial charge on any atom is 0.267 e. The predicted octanol–water partition coefficient (Wildman–Crippen LogP) is 8.06. The van der Waals surface area contributed by atoms with Gasteiger partial charge >= 0.3 is 0 Å². The number of benzene rings is 1. The molecule has 32 heavy (non-hydrogen) atoms. The van der Waals surface area contributed by atoms with Gasteiger partial charge in [0.2, 0.25) is 0 Å². The van der Waals surface area contributed by atoms with E-state index in [2.05, 4.69) is 6.92 Å². The minimum absolute atomic E-state index is 0.130. The zero-order chi connectivity index (χ0) is 23.2. The lowest BCUT2D eigenvalue weighted by atomic mass is 10.0. The first-order valence-electron chi connectivity index (χ1n) is 13.2. The van der Waals surface area contributed by atoms with Gasteiger partial charge in [0.05, 0.1) is 19.0 Å². The molecule has 0 N–H and O–H groups in total. The van der Waals surface area contributed by atoms with Crippen LogP contribution in [0.15, 0.2) is 30.3 Å². The molecule has 1 aromatic rings. The Labute approximate surface area is 198 Å². The highest BCUT2D eigenvalue weighted by Gasteiger charge is 2.10. The summed E-state index contributed by atoms with van der Waals surface area (Å²) < 4.78 is 34.5. The van der Waals surface area contributed by atoms with Crippen LogP contribution in [-0.4, -0.2) is 27.4 Å². The molecule has 0 aliphatic rings. The van der Waals surface area contributed by atoms with Crippen molar-refractivity contribution in [2.45, 2.75) is 116 Å². The van der Waals surface area contributed by atoms with Crippen LogP contribution in [0.5, 0.6) is 5.75 Å². The molecule has 186 valence electrons.